The highest BCUT2D eigenvalue weighted by Gasteiger charge is 2.42. The Morgan fingerprint density at radius 1 is 1.03 bits per heavy atom. The molecule has 2 amide bonds. The highest BCUT2D eigenvalue weighted by Crippen LogP contribution is 2.38. The summed E-state index contributed by atoms with van der Waals surface area (Å²) in [6, 6.07) is 2.63. The van der Waals surface area contributed by atoms with Gasteiger partial charge in [0.05, 0.1) is 36.5 Å². The van der Waals surface area contributed by atoms with Crippen LogP contribution in [0.5, 0.6) is 0 Å². The van der Waals surface area contributed by atoms with Gasteiger partial charge < -0.3 is 4.90 Å². The number of ketones is 1. The number of carbonyl (C=O) groups excluding carboxylic acids is 2. The van der Waals surface area contributed by atoms with Crippen molar-refractivity contribution < 1.29 is 35.9 Å². The molecule has 12 heteroatoms. The first-order valence-corrected chi connectivity index (χ1v) is 10.6. The number of Topliss-reactive ketones (excluding diaryl/α,β-unsaturated/α-hetero) is 1. The number of rotatable bonds is 7. The lowest BCUT2D eigenvalue weighted by atomic mass is 10.1. The predicted octanol–water partition coefficient (Wildman–Crippen LogP) is 4.74. The van der Waals surface area contributed by atoms with E-state index in [1.54, 1.807) is 0 Å². The molecule has 1 atom stereocenters. The van der Waals surface area contributed by atoms with Crippen LogP contribution in [0.25, 0.3) is 0 Å². The fraction of sp³-hybridized carbons (Fsp3) is 0.455. The second-order valence-electron chi connectivity index (χ2n) is 8.50. The third-order valence-electron chi connectivity index (χ3n) is 5.83. The number of halogens is 6. The van der Waals surface area contributed by atoms with Crippen molar-refractivity contribution in [1.29, 1.82) is 0 Å². The maximum atomic E-state index is 13.1. The lowest BCUT2D eigenvalue weighted by molar-refractivity contribution is -0.141. The molecule has 3 heterocycles. The quantitative estimate of drug-likeness (QED) is 0.531. The van der Waals surface area contributed by atoms with Crippen molar-refractivity contribution in [3.8, 4) is 0 Å². The molecule has 0 unspecified atom stereocenters. The van der Waals surface area contributed by atoms with Crippen molar-refractivity contribution in [2.24, 2.45) is 5.92 Å². The van der Waals surface area contributed by atoms with Gasteiger partial charge in [-0.1, -0.05) is 12.8 Å². The Balaban J connectivity index is 1.48. The SMILES string of the molecule is O=C(Cc1cc(C(F)(F)F)ccn1)CN1C(=O)N(c2ccc(C(F)(F)F)nc2)C[C@@H]1CC1CC1. The van der Waals surface area contributed by atoms with Gasteiger partial charge in [-0.25, -0.2) is 9.78 Å². The number of anilines is 1. The number of aromatic nitrogens is 2. The van der Waals surface area contributed by atoms with Gasteiger partial charge in [0, 0.05) is 18.4 Å². The van der Waals surface area contributed by atoms with Crippen LogP contribution in [-0.4, -0.2) is 45.8 Å². The van der Waals surface area contributed by atoms with Crippen LogP contribution < -0.4 is 4.90 Å². The lowest BCUT2D eigenvalue weighted by Gasteiger charge is -2.22. The fourth-order valence-electron chi connectivity index (χ4n) is 3.96. The van der Waals surface area contributed by atoms with Gasteiger partial charge in [0.15, 0.2) is 5.78 Å². The molecule has 0 aromatic carbocycles. The normalized spacial score (nSPS) is 19.1. The minimum Gasteiger partial charge on any atom is -0.312 e. The molecule has 0 N–H and O–H groups in total. The molecule has 1 aliphatic heterocycles. The molecule has 4 rings (SSSR count). The monoisotopic (exact) mass is 486 g/mol. The summed E-state index contributed by atoms with van der Waals surface area (Å²) < 4.78 is 77.2. The van der Waals surface area contributed by atoms with E-state index in [1.165, 1.54) is 9.80 Å². The molecule has 2 fully saturated rings. The molecule has 6 nitrogen and oxygen atoms in total. The van der Waals surface area contributed by atoms with Crippen LogP contribution >= 0.6 is 0 Å². The van der Waals surface area contributed by atoms with Crippen molar-refractivity contribution >= 4 is 17.5 Å². The summed E-state index contributed by atoms with van der Waals surface area (Å²) >= 11 is 0. The second-order valence-corrected chi connectivity index (χ2v) is 8.50. The number of nitrogens with zero attached hydrogens (tertiary/aromatic N) is 4. The van der Waals surface area contributed by atoms with E-state index < -0.39 is 35.4 Å². The molecule has 182 valence electrons. The Morgan fingerprint density at radius 2 is 1.76 bits per heavy atom. The summed E-state index contributed by atoms with van der Waals surface area (Å²) in [7, 11) is 0. The van der Waals surface area contributed by atoms with Gasteiger partial charge in [-0.3, -0.25) is 14.7 Å². The summed E-state index contributed by atoms with van der Waals surface area (Å²) in [6.07, 6.45) is -5.02. The van der Waals surface area contributed by atoms with Gasteiger partial charge in [-0.15, -0.1) is 0 Å². The number of pyridine rings is 2. The summed E-state index contributed by atoms with van der Waals surface area (Å²) in [5.74, 6) is -0.0976. The Bertz CT molecular complexity index is 1070. The first-order valence-electron chi connectivity index (χ1n) is 10.6. The van der Waals surface area contributed by atoms with E-state index in [-0.39, 0.29) is 36.9 Å². The predicted molar refractivity (Wildman–Crippen MR) is 108 cm³/mol. The standard InChI is InChI=1S/C22H20F6N4O2/c23-21(24,25)14-5-6-29-15(8-14)9-18(33)12-32-17(7-13-1-2-13)11-31(20(32)34)16-3-4-19(30-10-16)22(26,27)28/h3-6,8,10,13,17H,1-2,7,9,11-12H2/t17-/m0/s1. The summed E-state index contributed by atoms with van der Waals surface area (Å²) in [5.41, 5.74) is -1.89. The first kappa shape index (κ1) is 24.0. The maximum absolute atomic E-state index is 13.1. The van der Waals surface area contributed by atoms with Crippen LogP contribution in [0.4, 0.5) is 36.8 Å². The zero-order valence-electron chi connectivity index (χ0n) is 17.7. The highest BCUT2D eigenvalue weighted by molar-refractivity contribution is 5.97. The van der Waals surface area contributed by atoms with Crippen LogP contribution in [0, 0.1) is 5.92 Å². The molecular weight excluding hydrogens is 466 g/mol. The van der Waals surface area contributed by atoms with Crippen molar-refractivity contribution in [3.63, 3.8) is 0 Å². The topological polar surface area (TPSA) is 66.4 Å². The molecule has 0 spiro atoms. The summed E-state index contributed by atoms with van der Waals surface area (Å²) in [5, 5.41) is 0. The minimum atomic E-state index is -4.61. The molecule has 2 aliphatic rings. The highest BCUT2D eigenvalue weighted by atomic mass is 19.4. The Labute approximate surface area is 190 Å². The molecule has 0 radical (unpaired) electrons. The van der Waals surface area contributed by atoms with Crippen molar-refractivity contribution in [2.45, 2.75) is 44.1 Å². The molecule has 1 saturated heterocycles. The van der Waals surface area contributed by atoms with E-state index >= 15 is 0 Å². The molecule has 34 heavy (non-hydrogen) atoms. The molecule has 1 saturated carbocycles. The Hall–Kier alpha value is -3.18. The fourth-order valence-corrected chi connectivity index (χ4v) is 3.96. The van der Waals surface area contributed by atoms with Crippen LogP contribution in [0.2, 0.25) is 0 Å². The minimum absolute atomic E-state index is 0.0611. The number of carbonyl (C=O) groups is 2. The van der Waals surface area contributed by atoms with Crippen molar-refractivity contribution in [1.82, 2.24) is 14.9 Å². The van der Waals surface area contributed by atoms with Crippen LogP contribution in [0.3, 0.4) is 0 Å². The van der Waals surface area contributed by atoms with Gasteiger partial charge in [0.25, 0.3) is 0 Å². The summed E-state index contributed by atoms with van der Waals surface area (Å²) in [4.78, 5) is 35.5. The second kappa shape index (κ2) is 8.88. The zero-order valence-corrected chi connectivity index (χ0v) is 17.7. The van der Waals surface area contributed by atoms with Crippen molar-refractivity contribution in [3.05, 3.63) is 53.6 Å². The molecular formula is C22H20F6N4O2. The molecule has 2 aromatic heterocycles. The summed E-state index contributed by atoms with van der Waals surface area (Å²) in [6.45, 7) is -0.157. The van der Waals surface area contributed by atoms with Gasteiger partial charge in [-0.05, 0) is 36.6 Å². The van der Waals surface area contributed by atoms with Crippen LogP contribution in [0.15, 0.2) is 36.7 Å². The van der Waals surface area contributed by atoms with E-state index in [0.29, 0.717) is 12.3 Å². The number of alkyl halides is 6. The lowest BCUT2D eigenvalue weighted by Crippen LogP contribution is -2.39. The Morgan fingerprint density at radius 3 is 2.35 bits per heavy atom. The van der Waals surface area contributed by atoms with Crippen LogP contribution in [0.1, 0.15) is 36.2 Å². The van der Waals surface area contributed by atoms with Crippen molar-refractivity contribution in [2.75, 3.05) is 18.0 Å². The number of urea groups is 1. The third-order valence-corrected chi connectivity index (χ3v) is 5.83. The average molecular weight is 486 g/mol. The molecule has 1 aliphatic carbocycles. The van der Waals surface area contributed by atoms with E-state index in [0.717, 1.165) is 49.5 Å². The third kappa shape index (κ3) is 5.48. The average Bonchev–Trinajstić information content (AvgIpc) is 3.52. The van der Waals surface area contributed by atoms with Crippen LogP contribution in [-0.2, 0) is 23.6 Å². The largest absolute Gasteiger partial charge is 0.433 e. The molecule has 2 aromatic rings. The van der Waals surface area contributed by atoms with E-state index in [1.807, 2.05) is 0 Å². The maximum Gasteiger partial charge on any atom is 0.433 e. The first-order chi connectivity index (χ1) is 15.9. The zero-order chi connectivity index (χ0) is 24.7. The van der Waals surface area contributed by atoms with E-state index in [2.05, 4.69) is 9.97 Å². The Kier molecular flexibility index (Phi) is 6.26. The van der Waals surface area contributed by atoms with Gasteiger partial charge >= 0.3 is 18.4 Å². The number of hydrogen-bond acceptors (Lipinski definition) is 4. The van der Waals surface area contributed by atoms with E-state index in [9.17, 15) is 35.9 Å². The van der Waals surface area contributed by atoms with E-state index in [4.69, 9.17) is 0 Å². The van der Waals surface area contributed by atoms with Gasteiger partial charge in [0.1, 0.15) is 5.69 Å². The number of amides is 2. The van der Waals surface area contributed by atoms with Gasteiger partial charge in [0.2, 0.25) is 0 Å². The van der Waals surface area contributed by atoms with Gasteiger partial charge in [-0.2, -0.15) is 26.3 Å². The smallest absolute Gasteiger partial charge is 0.312 e. The molecule has 0 bridgehead atoms. The number of hydrogen-bond donors (Lipinski definition) is 0.